The highest BCUT2D eigenvalue weighted by atomic mass is 15.1. The fourth-order valence-corrected chi connectivity index (χ4v) is 3.25. The van der Waals surface area contributed by atoms with Gasteiger partial charge in [-0.15, -0.1) is 0 Å². The van der Waals surface area contributed by atoms with E-state index >= 15 is 0 Å². The van der Waals surface area contributed by atoms with Crippen LogP contribution in [-0.4, -0.2) is 9.55 Å². The zero-order valence-corrected chi connectivity index (χ0v) is 11.7. The summed E-state index contributed by atoms with van der Waals surface area (Å²) < 4.78 is 2.25. The van der Waals surface area contributed by atoms with Crippen LogP contribution in [0.3, 0.4) is 0 Å². The lowest BCUT2D eigenvalue weighted by atomic mass is 9.87. The van der Waals surface area contributed by atoms with Gasteiger partial charge in [0.05, 0.1) is 11.0 Å². The second kappa shape index (κ2) is 5.33. The van der Waals surface area contributed by atoms with Crippen LogP contribution in [0, 0.1) is 5.92 Å². The van der Waals surface area contributed by atoms with E-state index in [-0.39, 0.29) is 0 Å². The van der Waals surface area contributed by atoms with Crippen molar-refractivity contribution in [3.8, 4) is 0 Å². The highest BCUT2D eigenvalue weighted by Crippen LogP contribution is 2.27. The molecule has 0 spiro atoms. The molecule has 0 radical (unpaired) electrons. The lowest BCUT2D eigenvalue weighted by Gasteiger charge is -2.20. The zero-order valence-electron chi connectivity index (χ0n) is 11.7. The molecule has 1 saturated carbocycles. The minimum absolute atomic E-state index is 0.588. The van der Waals surface area contributed by atoms with Gasteiger partial charge in [-0.3, -0.25) is 0 Å². The molecule has 3 nitrogen and oxygen atoms in total. The monoisotopic (exact) mass is 257 g/mol. The summed E-state index contributed by atoms with van der Waals surface area (Å²) >= 11 is 0. The van der Waals surface area contributed by atoms with Crippen LogP contribution in [-0.2, 0) is 20.0 Å². The summed E-state index contributed by atoms with van der Waals surface area (Å²) in [5.74, 6) is 2.06. The number of fused-ring (bicyclic) bond motifs is 1. The summed E-state index contributed by atoms with van der Waals surface area (Å²) in [5.41, 5.74) is 9.18. The third kappa shape index (κ3) is 2.52. The van der Waals surface area contributed by atoms with E-state index in [1.165, 1.54) is 43.4 Å². The van der Waals surface area contributed by atoms with E-state index in [0.717, 1.165) is 23.4 Å². The van der Waals surface area contributed by atoms with E-state index in [1.54, 1.807) is 0 Å². The summed E-state index contributed by atoms with van der Waals surface area (Å²) in [4.78, 5) is 4.82. The fourth-order valence-electron chi connectivity index (χ4n) is 3.25. The van der Waals surface area contributed by atoms with E-state index in [2.05, 4.69) is 29.8 Å². The van der Waals surface area contributed by atoms with Crippen molar-refractivity contribution in [1.29, 1.82) is 0 Å². The molecule has 0 amide bonds. The van der Waals surface area contributed by atoms with Crippen LogP contribution in [0.5, 0.6) is 0 Å². The van der Waals surface area contributed by atoms with Crippen LogP contribution in [0.4, 0.5) is 0 Å². The summed E-state index contributed by atoms with van der Waals surface area (Å²) in [6.45, 7) is 0.588. The molecule has 1 aromatic carbocycles. The quantitative estimate of drug-likeness (QED) is 0.918. The van der Waals surface area contributed by atoms with Crippen molar-refractivity contribution in [1.82, 2.24) is 9.55 Å². The third-order valence-corrected chi connectivity index (χ3v) is 4.47. The summed E-state index contributed by atoms with van der Waals surface area (Å²) in [6.07, 6.45) is 8.08. The van der Waals surface area contributed by atoms with E-state index in [0.29, 0.717) is 6.54 Å². The molecule has 2 aromatic rings. The van der Waals surface area contributed by atoms with Gasteiger partial charge in [-0.25, -0.2) is 4.98 Å². The Bertz CT molecular complexity index is 565. The number of nitrogens with two attached hydrogens (primary N) is 1. The number of imidazole rings is 1. The molecule has 1 aliphatic rings. The van der Waals surface area contributed by atoms with Crippen molar-refractivity contribution in [2.45, 2.75) is 45.1 Å². The number of hydrogen-bond donors (Lipinski definition) is 1. The van der Waals surface area contributed by atoms with E-state index < -0.39 is 0 Å². The minimum atomic E-state index is 0.588. The second-order valence-corrected chi connectivity index (χ2v) is 5.82. The van der Waals surface area contributed by atoms with Gasteiger partial charge in [0.15, 0.2) is 0 Å². The summed E-state index contributed by atoms with van der Waals surface area (Å²) in [5, 5.41) is 0. The van der Waals surface area contributed by atoms with Gasteiger partial charge in [-0.1, -0.05) is 38.2 Å². The molecule has 0 saturated heterocycles. The highest BCUT2D eigenvalue weighted by molar-refractivity contribution is 5.76. The maximum absolute atomic E-state index is 5.70. The molecular weight excluding hydrogens is 234 g/mol. The van der Waals surface area contributed by atoms with Crippen LogP contribution < -0.4 is 5.73 Å². The highest BCUT2D eigenvalue weighted by Gasteiger charge is 2.17. The summed E-state index contributed by atoms with van der Waals surface area (Å²) in [6, 6.07) is 6.38. The zero-order chi connectivity index (χ0) is 13.2. The maximum Gasteiger partial charge on any atom is 0.109 e. The Balaban J connectivity index is 1.88. The molecule has 19 heavy (non-hydrogen) atoms. The molecule has 3 heteroatoms. The Labute approximate surface area is 114 Å². The number of benzene rings is 1. The molecule has 3 rings (SSSR count). The standard InChI is InChI=1S/C16H23N3/c1-19-15-8-7-13(11-17)9-14(15)18-16(19)10-12-5-3-2-4-6-12/h7-9,12H,2-6,10-11,17H2,1H3. The number of hydrogen-bond acceptors (Lipinski definition) is 2. The van der Waals surface area contributed by atoms with Gasteiger partial charge < -0.3 is 10.3 Å². The van der Waals surface area contributed by atoms with Crippen LogP contribution in [0.15, 0.2) is 18.2 Å². The molecule has 0 bridgehead atoms. The molecule has 102 valence electrons. The molecule has 0 unspecified atom stereocenters. The predicted octanol–water partition coefficient (Wildman–Crippen LogP) is 3.15. The normalized spacial score (nSPS) is 17.2. The number of rotatable bonds is 3. The lowest BCUT2D eigenvalue weighted by molar-refractivity contribution is 0.349. The first-order valence-electron chi connectivity index (χ1n) is 7.42. The van der Waals surface area contributed by atoms with E-state index in [9.17, 15) is 0 Å². The topological polar surface area (TPSA) is 43.8 Å². The van der Waals surface area contributed by atoms with Crippen LogP contribution in [0.2, 0.25) is 0 Å². The van der Waals surface area contributed by atoms with Gasteiger partial charge in [-0.2, -0.15) is 0 Å². The number of aryl methyl sites for hydroxylation is 1. The first kappa shape index (κ1) is 12.7. The number of aromatic nitrogens is 2. The Morgan fingerprint density at radius 2 is 2.05 bits per heavy atom. The first-order chi connectivity index (χ1) is 9.28. The largest absolute Gasteiger partial charge is 0.331 e. The van der Waals surface area contributed by atoms with Crippen molar-refractivity contribution < 1.29 is 0 Å². The van der Waals surface area contributed by atoms with E-state index in [4.69, 9.17) is 10.7 Å². The van der Waals surface area contributed by atoms with Crippen LogP contribution in [0.1, 0.15) is 43.5 Å². The Hall–Kier alpha value is -1.35. The average molecular weight is 257 g/mol. The molecular formula is C16H23N3. The lowest BCUT2D eigenvalue weighted by Crippen LogP contribution is -2.12. The molecule has 2 N–H and O–H groups in total. The third-order valence-electron chi connectivity index (χ3n) is 4.47. The van der Waals surface area contributed by atoms with Crippen molar-refractivity contribution >= 4 is 11.0 Å². The van der Waals surface area contributed by atoms with Gasteiger partial charge in [0, 0.05) is 20.0 Å². The molecule has 1 fully saturated rings. The summed E-state index contributed by atoms with van der Waals surface area (Å²) in [7, 11) is 2.13. The van der Waals surface area contributed by atoms with Crippen molar-refractivity contribution in [3.63, 3.8) is 0 Å². The van der Waals surface area contributed by atoms with Crippen molar-refractivity contribution in [3.05, 3.63) is 29.6 Å². The molecule has 1 aliphatic carbocycles. The van der Waals surface area contributed by atoms with Gasteiger partial charge in [0.25, 0.3) is 0 Å². The van der Waals surface area contributed by atoms with Crippen LogP contribution >= 0.6 is 0 Å². The molecule has 1 heterocycles. The Morgan fingerprint density at radius 3 is 2.79 bits per heavy atom. The Morgan fingerprint density at radius 1 is 1.26 bits per heavy atom. The first-order valence-corrected chi connectivity index (χ1v) is 7.42. The van der Waals surface area contributed by atoms with Gasteiger partial charge in [0.1, 0.15) is 5.82 Å². The minimum Gasteiger partial charge on any atom is -0.331 e. The smallest absolute Gasteiger partial charge is 0.109 e. The molecule has 1 aromatic heterocycles. The van der Waals surface area contributed by atoms with Gasteiger partial charge in [0.2, 0.25) is 0 Å². The van der Waals surface area contributed by atoms with Gasteiger partial charge >= 0.3 is 0 Å². The Kier molecular flexibility index (Phi) is 3.56. The van der Waals surface area contributed by atoms with Gasteiger partial charge in [-0.05, 0) is 23.6 Å². The van der Waals surface area contributed by atoms with E-state index in [1.807, 2.05) is 0 Å². The molecule has 0 aliphatic heterocycles. The SMILES string of the molecule is Cn1c(CC2CCCCC2)nc2cc(CN)ccc21. The fraction of sp³-hybridized carbons (Fsp3) is 0.562. The van der Waals surface area contributed by atoms with Crippen molar-refractivity contribution in [2.24, 2.45) is 18.7 Å². The number of nitrogens with zero attached hydrogens (tertiary/aromatic N) is 2. The van der Waals surface area contributed by atoms with Crippen LogP contribution in [0.25, 0.3) is 11.0 Å². The second-order valence-electron chi connectivity index (χ2n) is 5.82. The molecule has 0 atom stereocenters. The maximum atomic E-state index is 5.70. The average Bonchev–Trinajstić information content (AvgIpc) is 2.76. The predicted molar refractivity (Wildman–Crippen MR) is 78.9 cm³/mol. The van der Waals surface area contributed by atoms with Crippen molar-refractivity contribution in [2.75, 3.05) is 0 Å².